The molecule has 1 saturated heterocycles. The van der Waals surface area contributed by atoms with Crippen LogP contribution in [0.15, 0.2) is 24.5 Å². The summed E-state index contributed by atoms with van der Waals surface area (Å²) in [7, 11) is 0. The fraction of sp³-hybridized carbons (Fsp3) is 0.556. The minimum atomic E-state index is -0.311. The van der Waals surface area contributed by atoms with E-state index in [1.54, 1.807) is 12.1 Å². The summed E-state index contributed by atoms with van der Waals surface area (Å²) in [5, 5.41) is 19.8. The van der Waals surface area contributed by atoms with Crippen molar-refractivity contribution in [1.82, 2.24) is 25.1 Å². The second-order valence-corrected chi connectivity index (χ2v) is 7.13. The van der Waals surface area contributed by atoms with Crippen molar-refractivity contribution < 1.29 is 9.13 Å². The van der Waals surface area contributed by atoms with Crippen molar-refractivity contribution in [2.75, 3.05) is 19.7 Å². The largest absolute Gasteiger partial charge is 0.376 e. The quantitative estimate of drug-likeness (QED) is 0.738. The van der Waals surface area contributed by atoms with Crippen LogP contribution in [0.2, 0.25) is 0 Å². The van der Waals surface area contributed by atoms with Gasteiger partial charge >= 0.3 is 0 Å². The Morgan fingerprint density at radius 1 is 1.31 bits per heavy atom. The van der Waals surface area contributed by atoms with Gasteiger partial charge in [0.05, 0.1) is 18.9 Å². The number of hydrogen-bond donors (Lipinski definition) is 0. The zero-order chi connectivity index (χ0) is 17.9. The summed E-state index contributed by atoms with van der Waals surface area (Å²) < 4.78 is 21.4. The molecule has 0 N–H and O–H groups in total. The number of aromatic nitrogens is 4. The van der Waals surface area contributed by atoms with Gasteiger partial charge in [0.2, 0.25) is 0 Å². The number of halogens is 1. The van der Waals surface area contributed by atoms with Gasteiger partial charge in [0.1, 0.15) is 12.1 Å². The van der Waals surface area contributed by atoms with E-state index in [9.17, 15) is 4.39 Å². The van der Waals surface area contributed by atoms with Crippen LogP contribution in [0.3, 0.4) is 0 Å². The molecule has 2 aromatic rings. The lowest BCUT2D eigenvalue weighted by molar-refractivity contribution is 0.1000. The van der Waals surface area contributed by atoms with Crippen molar-refractivity contribution >= 4 is 0 Å². The summed E-state index contributed by atoms with van der Waals surface area (Å²) >= 11 is 0. The Bertz CT molecular complexity index is 781. The molecule has 7 nitrogen and oxygen atoms in total. The molecular weight excluding hydrogens is 335 g/mol. The zero-order valence-corrected chi connectivity index (χ0v) is 14.5. The summed E-state index contributed by atoms with van der Waals surface area (Å²) in [5.41, 5.74) is 1.13. The number of hydrogen-bond acceptors (Lipinski definition) is 6. The second-order valence-electron chi connectivity index (χ2n) is 7.13. The molecule has 8 heteroatoms. The number of nitrogens with zero attached hydrogens (tertiary/aromatic N) is 6. The molecule has 1 aliphatic heterocycles. The van der Waals surface area contributed by atoms with Crippen LogP contribution in [0, 0.1) is 35.0 Å². The highest BCUT2D eigenvalue weighted by atomic mass is 19.1. The molecule has 26 heavy (non-hydrogen) atoms. The Balaban J connectivity index is 1.23. The molecule has 136 valence electrons. The number of piperidine rings is 1. The average Bonchev–Trinajstić information content (AvgIpc) is 3.22. The lowest BCUT2D eigenvalue weighted by Gasteiger charge is -2.28. The van der Waals surface area contributed by atoms with E-state index < -0.39 is 0 Å². The first-order valence-electron chi connectivity index (χ1n) is 8.99. The first-order valence-corrected chi connectivity index (χ1v) is 8.99. The lowest BCUT2D eigenvalue weighted by Crippen LogP contribution is -2.30. The van der Waals surface area contributed by atoms with Gasteiger partial charge in [-0.05, 0) is 53.5 Å². The minimum absolute atomic E-state index is 0.276. The van der Waals surface area contributed by atoms with Gasteiger partial charge in [-0.3, -0.25) is 0 Å². The van der Waals surface area contributed by atoms with Crippen molar-refractivity contribution in [2.24, 2.45) is 17.8 Å². The Labute approximate surface area is 151 Å². The molecule has 1 aromatic heterocycles. The van der Waals surface area contributed by atoms with Crippen molar-refractivity contribution in [3.05, 3.63) is 35.9 Å². The van der Waals surface area contributed by atoms with Crippen LogP contribution in [0.5, 0.6) is 0 Å². The van der Waals surface area contributed by atoms with Gasteiger partial charge in [-0.2, -0.15) is 5.26 Å². The number of ether oxygens (including phenoxy) is 1. The van der Waals surface area contributed by atoms with Gasteiger partial charge in [0.15, 0.2) is 6.19 Å². The van der Waals surface area contributed by atoms with Gasteiger partial charge in [-0.15, -0.1) is 5.10 Å². The molecule has 2 aliphatic rings. The molecular formula is C18H21FN6O. The maximum atomic E-state index is 14.2. The van der Waals surface area contributed by atoms with E-state index in [-0.39, 0.29) is 12.4 Å². The summed E-state index contributed by atoms with van der Waals surface area (Å²) in [5.74, 6) is 1.69. The van der Waals surface area contributed by atoms with Crippen LogP contribution in [-0.2, 0) is 11.3 Å². The minimum Gasteiger partial charge on any atom is -0.376 e. The fourth-order valence-corrected chi connectivity index (χ4v) is 3.86. The summed E-state index contributed by atoms with van der Waals surface area (Å²) in [6.07, 6.45) is 7.05. The van der Waals surface area contributed by atoms with Crippen molar-refractivity contribution in [3.63, 3.8) is 0 Å². The van der Waals surface area contributed by atoms with Gasteiger partial charge in [-0.25, -0.2) is 9.07 Å². The van der Waals surface area contributed by atoms with E-state index >= 15 is 0 Å². The highest BCUT2D eigenvalue weighted by Gasteiger charge is 2.43. The maximum absolute atomic E-state index is 14.2. The number of tetrazole rings is 1. The number of rotatable bonds is 6. The molecule has 0 amide bonds. The maximum Gasteiger partial charge on any atom is 0.179 e. The molecule has 2 fully saturated rings. The standard InChI is InChI=1S/C18H21FN6O/c19-18-8-16(25-12-21-22-23-25)2-1-14(18)9-26-10-15-7-17(15)13-3-5-24(11-20)6-4-13/h1-2,8,12-13,15,17H,3-7,9-10H2/t15-,17+/m0/s1. The SMILES string of the molecule is N#CN1CCC([C@H]2C[C@H]2COCc2ccc(-n3cnnn3)cc2F)CC1. The normalized spacial score (nSPS) is 23.0. The molecule has 0 spiro atoms. The molecule has 0 radical (unpaired) electrons. The van der Waals surface area contributed by atoms with E-state index in [0.29, 0.717) is 35.6 Å². The van der Waals surface area contributed by atoms with Gasteiger partial charge in [0.25, 0.3) is 0 Å². The smallest absolute Gasteiger partial charge is 0.179 e. The summed E-state index contributed by atoms with van der Waals surface area (Å²) in [6, 6.07) is 4.91. The fourth-order valence-electron chi connectivity index (χ4n) is 3.86. The average molecular weight is 356 g/mol. The second kappa shape index (κ2) is 7.38. The molecule has 1 saturated carbocycles. The van der Waals surface area contributed by atoms with Gasteiger partial charge < -0.3 is 9.64 Å². The monoisotopic (exact) mass is 356 g/mol. The molecule has 1 aliphatic carbocycles. The van der Waals surface area contributed by atoms with Gasteiger partial charge in [-0.1, -0.05) is 6.07 Å². The Morgan fingerprint density at radius 2 is 2.15 bits per heavy atom. The number of benzene rings is 1. The summed E-state index contributed by atoms with van der Waals surface area (Å²) in [6.45, 7) is 2.71. The predicted molar refractivity (Wildman–Crippen MR) is 90.3 cm³/mol. The number of likely N-dealkylation sites (tertiary alicyclic amines) is 1. The lowest BCUT2D eigenvalue weighted by atomic mass is 9.91. The van der Waals surface area contributed by atoms with E-state index in [0.717, 1.165) is 25.9 Å². The van der Waals surface area contributed by atoms with Crippen LogP contribution in [0.1, 0.15) is 24.8 Å². The van der Waals surface area contributed by atoms with E-state index in [4.69, 9.17) is 10.00 Å². The van der Waals surface area contributed by atoms with Crippen molar-refractivity contribution in [2.45, 2.75) is 25.9 Å². The van der Waals surface area contributed by atoms with Crippen molar-refractivity contribution in [3.8, 4) is 11.9 Å². The third kappa shape index (κ3) is 3.68. The van der Waals surface area contributed by atoms with Crippen LogP contribution in [-0.4, -0.2) is 44.8 Å². The Morgan fingerprint density at radius 3 is 2.85 bits per heavy atom. The van der Waals surface area contributed by atoms with E-state index in [1.807, 2.05) is 4.90 Å². The predicted octanol–water partition coefficient (Wildman–Crippen LogP) is 2.15. The third-order valence-corrected chi connectivity index (χ3v) is 5.50. The first kappa shape index (κ1) is 16.9. The first-order chi connectivity index (χ1) is 12.7. The molecule has 2 atom stereocenters. The van der Waals surface area contributed by atoms with Gasteiger partial charge in [0, 0.05) is 24.7 Å². The molecule has 1 aromatic carbocycles. The molecule has 4 rings (SSSR count). The van der Waals surface area contributed by atoms with Crippen LogP contribution >= 0.6 is 0 Å². The zero-order valence-electron chi connectivity index (χ0n) is 14.5. The highest BCUT2D eigenvalue weighted by molar-refractivity contribution is 5.34. The van der Waals surface area contributed by atoms with Crippen molar-refractivity contribution in [1.29, 1.82) is 5.26 Å². The van der Waals surface area contributed by atoms with Crippen LogP contribution < -0.4 is 0 Å². The topological polar surface area (TPSA) is 79.9 Å². The molecule has 0 unspecified atom stereocenters. The Hall–Kier alpha value is -2.53. The van der Waals surface area contributed by atoms with Crippen LogP contribution in [0.25, 0.3) is 5.69 Å². The Kier molecular flexibility index (Phi) is 4.80. The van der Waals surface area contributed by atoms with Crippen LogP contribution in [0.4, 0.5) is 4.39 Å². The molecule has 2 heterocycles. The molecule has 0 bridgehead atoms. The van der Waals surface area contributed by atoms with E-state index in [1.165, 1.54) is 23.5 Å². The van der Waals surface area contributed by atoms with E-state index in [2.05, 4.69) is 21.7 Å². The summed E-state index contributed by atoms with van der Waals surface area (Å²) in [4.78, 5) is 1.84. The number of nitriles is 1. The highest BCUT2D eigenvalue weighted by Crippen LogP contribution is 2.48. The third-order valence-electron chi connectivity index (χ3n) is 5.50.